The average Bonchev–Trinajstić information content (AvgIpc) is 1.98. The molecule has 0 heterocycles. The van der Waals surface area contributed by atoms with E-state index < -0.39 is 0 Å². The summed E-state index contributed by atoms with van der Waals surface area (Å²) < 4.78 is 0. The molecule has 0 bridgehead atoms. The summed E-state index contributed by atoms with van der Waals surface area (Å²) in [6.07, 6.45) is 2.15. The Bertz CT molecular complexity index is 121. The van der Waals surface area contributed by atoms with Crippen molar-refractivity contribution >= 4 is 11.8 Å². The van der Waals surface area contributed by atoms with Crippen LogP contribution in [-0.2, 0) is 0 Å². The van der Waals surface area contributed by atoms with Gasteiger partial charge in [-0.05, 0) is 34.1 Å². The summed E-state index contributed by atoms with van der Waals surface area (Å²) >= 11 is 1.91. The number of thioether (sulfide) groups is 1. The van der Waals surface area contributed by atoms with E-state index in [1.54, 1.807) is 0 Å². The van der Waals surface area contributed by atoms with Crippen molar-refractivity contribution in [1.29, 1.82) is 0 Å². The molecule has 0 aliphatic carbocycles. The van der Waals surface area contributed by atoms with Gasteiger partial charge in [0, 0.05) is 30.9 Å². The van der Waals surface area contributed by atoms with Crippen molar-refractivity contribution in [1.82, 2.24) is 10.2 Å². The predicted molar refractivity (Wildman–Crippen MR) is 63.6 cm³/mol. The molecule has 0 atom stereocenters. The van der Waals surface area contributed by atoms with Gasteiger partial charge in [-0.25, -0.2) is 0 Å². The second kappa shape index (κ2) is 6.68. The third-order valence-corrected chi connectivity index (χ3v) is 2.42. The van der Waals surface area contributed by atoms with Gasteiger partial charge in [-0.15, -0.1) is 0 Å². The van der Waals surface area contributed by atoms with E-state index in [0.29, 0.717) is 0 Å². The minimum atomic E-state index is 0.250. The standard InChI is InChI=1S/C10H24N2S/c1-10(2,3)11-6-7-12(4)8-9-13-5/h11H,6-9H2,1-5H3. The van der Waals surface area contributed by atoms with E-state index in [4.69, 9.17) is 0 Å². The fourth-order valence-corrected chi connectivity index (χ4v) is 1.47. The molecule has 0 rings (SSSR count). The van der Waals surface area contributed by atoms with Crippen LogP contribution in [0.25, 0.3) is 0 Å². The highest BCUT2D eigenvalue weighted by Crippen LogP contribution is 1.97. The number of nitrogens with one attached hydrogen (secondary N) is 1. The first-order valence-electron chi connectivity index (χ1n) is 4.88. The third-order valence-electron chi connectivity index (χ3n) is 1.83. The fourth-order valence-electron chi connectivity index (χ4n) is 0.981. The zero-order valence-corrected chi connectivity index (χ0v) is 10.5. The molecular weight excluding hydrogens is 180 g/mol. The first kappa shape index (κ1) is 13.3. The highest BCUT2D eigenvalue weighted by Gasteiger charge is 2.07. The van der Waals surface area contributed by atoms with Crippen LogP contribution in [0.15, 0.2) is 0 Å². The van der Waals surface area contributed by atoms with Gasteiger partial charge in [0.1, 0.15) is 0 Å². The molecule has 0 saturated carbocycles. The van der Waals surface area contributed by atoms with Crippen LogP contribution in [0.2, 0.25) is 0 Å². The molecule has 0 spiro atoms. The Kier molecular flexibility index (Phi) is 6.82. The van der Waals surface area contributed by atoms with Crippen LogP contribution < -0.4 is 5.32 Å². The van der Waals surface area contributed by atoms with Gasteiger partial charge < -0.3 is 10.2 Å². The minimum absolute atomic E-state index is 0.250. The molecule has 2 nitrogen and oxygen atoms in total. The Balaban J connectivity index is 3.31. The molecule has 0 aromatic heterocycles. The second-order valence-electron chi connectivity index (χ2n) is 4.47. The maximum atomic E-state index is 3.48. The summed E-state index contributed by atoms with van der Waals surface area (Å²) in [6, 6.07) is 0. The van der Waals surface area contributed by atoms with Gasteiger partial charge in [0.2, 0.25) is 0 Å². The van der Waals surface area contributed by atoms with Crippen molar-refractivity contribution in [2.45, 2.75) is 26.3 Å². The van der Waals surface area contributed by atoms with E-state index in [1.807, 2.05) is 11.8 Å². The molecule has 13 heavy (non-hydrogen) atoms. The van der Waals surface area contributed by atoms with E-state index in [-0.39, 0.29) is 5.54 Å². The zero-order valence-electron chi connectivity index (χ0n) is 9.68. The Morgan fingerprint density at radius 3 is 2.31 bits per heavy atom. The predicted octanol–water partition coefficient (Wildman–Crippen LogP) is 1.67. The number of likely N-dealkylation sites (N-methyl/N-ethyl adjacent to an activating group) is 1. The SMILES string of the molecule is CSCCN(C)CCNC(C)(C)C. The normalized spacial score (nSPS) is 12.5. The second-order valence-corrected chi connectivity index (χ2v) is 5.46. The van der Waals surface area contributed by atoms with Gasteiger partial charge in [-0.2, -0.15) is 11.8 Å². The summed E-state index contributed by atoms with van der Waals surface area (Å²) in [5.41, 5.74) is 0.250. The summed E-state index contributed by atoms with van der Waals surface area (Å²) in [7, 11) is 2.18. The van der Waals surface area contributed by atoms with Gasteiger partial charge in [0.25, 0.3) is 0 Å². The first-order chi connectivity index (χ1) is 5.95. The topological polar surface area (TPSA) is 15.3 Å². The fraction of sp³-hybridized carbons (Fsp3) is 1.00. The van der Waals surface area contributed by atoms with E-state index in [9.17, 15) is 0 Å². The van der Waals surface area contributed by atoms with Crippen LogP contribution in [0.1, 0.15) is 20.8 Å². The van der Waals surface area contributed by atoms with Crippen LogP contribution in [0.3, 0.4) is 0 Å². The molecule has 0 unspecified atom stereocenters. The van der Waals surface area contributed by atoms with Crippen molar-refractivity contribution in [2.75, 3.05) is 38.7 Å². The minimum Gasteiger partial charge on any atom is -0.311 e. The summed E-state index contributed by atoms with van der Waals surface area (Å²) in [5.74, 6) is 1.23. The van der Waals surface area contributed by atoms with Crippen molar-refractivity contribution < 1.29 is 0 Å². The molecule has 0 aromatic carbocycles. The number of hydrogen-bond acceptors (Lipinski definition) is 3. The molecule has 3 heteroatoms. The number of rotatable bonds is 6. The Labute approximate surface area is 87.5 Å². The van der Waals surface area contributed by atoms with E-state index in [1.165, 1.54) is 12.3 Å². The van der Waals surface area contributed by atoms with E-state index in [0.717, 1.165) is 13.1 Å². The molecule has 0 saturated heterocycles. The van der Waals surface area contributed by atoms with Gasteiger partial charge in [-0.1, -0.05) is 0 Å². The largest absolute Gasteiger partial charge is 0.311 e. The van der Waals surface area contributed by atoms with E-state index >= 15 is 0 Å². The first-order valence-corrected chi connectivity index (χ1v) is 6.27. The van der Waals surface area contributed by atoms with Crippen molar-refractivity contribution in [3.63, 3.8) is 0 Å². The molecule has 0 aromatic rings. The molecule has 0 fully saturated rings. The molecule has 0 aliphatic rings. The number of hydrogen-bond donors (Lipinski definition) is 1. The van der Waals surface area contributed by atoms with E-state index in [2.05, 4.69) is 44.3 Å². The van der Waals surface area contributed by atoms with Crippen LogP contribution in [0.4, 0.5) is 0 Å². The Hall–Kier alpha value is 0.270. The van der Waals surface area contributed by atoms with Crippen molar-refractivity contribution in [2.24, 2.45) is 0 Å². The lowest BCUT2D eigenvalue weighted by molar-refractivity contribution is 0.324. The Morgan fingerprint density at radius 2 is 1.85 bits per heavy atom. The van der Waals surface area contributed by atoms with Crippen molar-refractivity contribution in [3.8, 4) is 0 Å². The van der Waals surface area contributed by atoms with Crippen molar-refractivity contribution in [3.05, 3.63) is 0 Å². The maximum Gasteiger partial charge on any atom is 0.0104 e. The highest BCUT2D eigenvalue weighted by molar-refractivity contribution is 7.98. The summed E-state index contributed by atoms with van der Waals surface area (Å²) in [6.45, 7) is 10.0. The third kappa shape index (κ3) is 10.2. The van der Waals surface area contributed by atoms with Gasteiger partial charge in [0.15, 0.2) is 0 Å². The van der Waals surface area contributed by atoms with Crippen LogP contribution in [0, 0.1) is 0 Å². The smallest absolute Gasteiger partial charge is 0.0104 e. The van der Waals surface area contributed by atoms with Crippen LogP contribution in [-0.4, -0.2) is 49.1 Å². The molecule has 0 amide bonds. The maximum absolute atomic E-state index is 3.48. The van der Waals surface area contributed by atoms with Crippen LogP contribution in [0.5, 0.6) is 0 Å². The van der Waals surface area contributed by atoms with Gasteiger partial charge >= 0.3 is 0 Å². The monoisotopic (exact) mass is 204 g/mol. The average molecular weight is 204 g/mol. The number of nitrogens with zero attached hydrogens (tertiary/aromatic N) is 1. The lowest BCUT2D eigenvalue weighted by atomic mass is 10.1. The lowest BCUT2D eigenvalue weighted by Crippen LogP contribution is -2.40. The Morgan fingerprint density at radius 1 is 1.23 bits per heavy atom. The van der Waals surface area contributed by atoms with Gasteiger partial charge in [0.05, 0.1) is 0 Å². The zero-order chi connectivity index (χ0) is 10.3. The molecular formula is C10H24N2S. The lowest BCUT2D eigenvalue weighted by Gasteiger charge is -2.23. The molecule has 0 aliphatic heterocycles. The molecule has 1 N–H and O–H groups in total. The van der Waals surface area contributed by atoms with Gasteiger partial charge in [-0.3, -0.25) is 0 Å². The quantitative estimate of drug-likeness (QED) is 0.708. The molecule has 80 valence electrons. The highest BCUT2D eigenvalue weighted by atomic mass is 32.2. The molecule has 0 radical (unpaired) electrons. The summed E-state index contributed by atoms with van der Waals surface area (Å²) in [5, 5.41) is 3.48. The summed E-state index contributed by atoms with van der Waals surface area (Å²) in [4.78, 5) is 2.37. The van der Waals surface area contributed by atoms with Crippen LogP contribution >= 0.6 is 11.8 Å².